The van der Waals surface area contributed by atoms with Crippen molar-refractivity contribution in [2.45, 2.75) is 12.5 Å². The molecule has 2 nitrogen and oxygen atoms in total. The van der Waals surface area contributed by atoms with E-state index in [2.05, 4.69) is 11.4 Å². The first-order valence-electron chi connectivity index (χ1n) is 6.16. The van der Waals surface area contributed by atoms with Crippen LogP contribution in [0.4, 0.5) is 5.69 Å². The van der Waals surface area contributed by atoms with Crippen LogP contribution in [0.2, 0.25) is 10.0 Å². The quantitative estimate of drug-likeness (QED) is 0.905. The molecule has 1 N–H and O–H groups in total. The summed E-state index contributed by atoms with van der Waals surface area (Å²) in [4.78, 5) is 0. The molecule has 0 spiro atoms. The summed E-state index contributed by atoms with van der Waals surface area (Å²) < 4.78 is 5.86. The van der Waals surface area contributed by atoms with E-state index in [0.717, 1.165) is 17.9 Å². The number of fused-ring (bicyclic) bond motifs is 1. The van der Waals surface area contributed by atoms with Gasteiger partial charge < -0.3 is 10.1 Å². The van der Waals surface area contributed by atoms with E-state index in [1.54, 1.807) is 0 Å². The Hall–Kier alpha value is -1.38. The minimum absolute atomic E-state index is 0.115. The molecule has 0 aliphatic carbocycles. The highest BCUT2D eigenvalue weighted by Gasteiger charge is 2.22. The first-order valence-corrected chi connectivity index (χ1v) is 6.92. The van der Waals surface area contributed by atoms with Crippen LogP contribution < -0.4 is 10.1 Å². The van der Waals surface area contributed by atoms with Crippen molar-refractivity contribution >= 4 is 28.9 Å². The number of hydrogen-bond donors (Lipinski definition) is 1. The van der Waals surface area contributed by atoms with Gasteiger partial charge in [-0.15, -0.1) is 0 Å². The maximum Gasteiger partial charge on any atom is 0.123 e. The molecule has 0 radical (unpaired) electrons. The summed E-state index contributed by atoms with van der Waals surface area (Å²) in [5.41, 5.74) is 2.02. The van der Waals surface area contributed by atoms with Crippen molar-refractivity contribution in [3.63, 3.8) is 0 Å². The van der Waals surface area contributed by atoms with Gasteiger partial charge in [-0.05, 0) is 23.8 Å². The number of benzene rings is 2. The van der Waals surface area contributed by atoms with Crippen LogP contribution in [0.15, 0.2) is 42.5 Å². The zero-order valence-corrected chi connectivity index (χ0v) is 11.7. The van der Waals surface area contributed by atoms with Gasteiger partial charge in [0.25, 0.3) is 0 Å². The van der Waals surface area contributed by atoms with E-state index in [1.165, 1.54) is 5.56 Å². The molecule has 19 heavy (non-hydrogen) atoms. The third-order valence-corrected chi connectivity index (χ3v) is 3.81. The smallest absolute Gasteiger partial charge is 0.123 e. The van der Waals surface area contributed by atoms with Crippen molar-refractivity contribution in [2.75, 3.05) is 11.9 Å². The Kier molecular flexibility index (Phi) is 3.54. The van der Waals surface area contributed by atoms with Crippen LogP contribution >= 0.6 is 23.2 Å². The Morgan fingerprint density at radius 3 is 2.53 bits per heavy atom. The Bertz CT molecular complexity index is 555. The van der Waals surface area contributed by atoms with Gasteiger partial charge in [-0.1, -0.05) is 47.5 Å². The van der Waals surface area contributed by atoms with E-state index >= 15 is 0 Å². The second kappa shape index (κ2) is 5.32. The van der Waals surface area contributed by atoms with E-state index in [9.17, 15) is 0 Å². The second-order valence-electron chi connectivity index (χ2n) is 4.53. The SMILES string of the molecule is Clc1cccc(Cl)c1NCC1Cc2ccccc2O1. The Morgan fingerprint density at radius 1 is 1.05 bits per heavy atom. The molecular weight excluding hydrogens is 281 g/mol. The van der Waals surface area contributed by atoms with Crippen molar-refractivity contribution < 1.29 is 4.74 Å². The highest BCUT2D eigenvalue weighted by atomic mass is 35.5. The van der Waals surface area contributed by atoms with Crippen molar-refractivity contribution in [3.8, 4) is 5.75 Å². The van der Waals surface area contributed by atoms with Gasteiger partial charge in [0, 0.05) is 6.42 Å². The normalized spacial score (nSPS) is 16.8. The predicted octanol–water partition coefficient (Wildman–Crippen LogP) is 4.41. The van der Waals surface area contributed by atoms with Crippen LogP contribution in [-0.4, -0.2) is 12.6 Å². The molecule has 0 amide bonds. The van der Waals surface area contributed by atoms with E-state index in [0.29, 0.717) is 16.6 Å². The molecule has 3 rings (SSSR count). The highest BCUT2D eigenvalue weighted by molar-refractivity contribution is 6.39. The van der Waals surface area contributed by atoms with Crippen LogP contribution in [0.25, 0.3) is 0 Å². The van der Waals surface area contributed by atoms with Gasteiger partial charge in [0.05, 0.1) is 22.3 Å². The van der Waals surface area contributed by atoms with Crippen LogP contribution in [0.3, 0.4) is 0 Å². The summed E-state index contributed by atoms with van der Waals surface area (Å²) in [7, 11) is 0. The van der Waals surface area contributed by atoms with Crippen LogP contribution in [0.1, 0.15) is 5.56 Å². The molecule has 0 saturated heterocycles. The first-order chi connectivity index (χ1) is 9.24. The summed E-state index contributed by atoms with van der Waals surface area (Å²) in [5.74, 6) is 0.972. The maximum atomic E-state index is 6.12. The summed E-state index contributed by atoms with van der Waals surface area (Å²) >= 11 is 12.2. The zero-order valence-electron chi connectivity index (χ0n) is 10.2. The Balaban J connectivity index is 1.66. The molecule has 4 heteroatoms. The number of anilines is 1. The molecule has 1 aliphatic heterocycles. The molecule has 0 aromatic heterocycles. The molecular formula is C15H13Cl2NO. The molecule has 0 fully saturated rings. The summed E-state index contributed by atoms with van der Waals surface area (Å²) in [5, 5.41) is 4.52. The fraction of sp³-hybridized carbons (Fsp3) is 0.200. The fourth-order valence-corrected chi connectivity index (χ4v) is 2.78. The molecule has 2 aromatic carbocycles. The number of halogens is 2. The third kappa shape index (κ3) is 2.65. The zero-order chi connectivity index (χ0) is 13.2. The van der Waals surface area contributed by atoms with Gasteiger partial charge >= 0.3 is 0 Å². The van der Waals surface area contributed by atoms with Gasteiger partial charge in [0.15, 0.2) is 0 Å². The lowest BCUT2D eigenvalue weighted by Gasteiger charge is -2.14. The Labute approximate surface area is 122 Å². The largest absolute Gasteiger partial charge is 0.488 e. The lowest BCUT2D eigenvalue weighted by Crippen LogP contribution is -2.24. The number of ether oxygens (including phenoxy) is 1. The molecule has 0 bridgehead atoms. The minimum atomic E-state index is 0.115. The standard InChI is InChI=1S/C15H13Cl2NO/c16-12-5-3-6-13(17)15(12)18-9-11-8-10-4-1-2-7-14(10)19-11/h1-7,11,18H,8-9H2. The van der Waals surface area contributed by atoms with Crippen molar-refractivity contribution in [1.82, 2.24) is 0 Å². The molecule has 1 heterocycles. The average molecular weight is 294 g/mol. The van der Waals surface area contributed by atoms with Gasteiger partial charge in [0.2, 0.25) is 0 Å². The summed E-state index contributed by atoms with van der Waals surface area (Å²) in [6.07, 6.45) is 1.02. The van der Waals surface area contributed by atoms with Crippen LogP contribution in [0, 0.1) is 0 Å². The van der Waals surface area contributed by atoms with Crippen molar-refractivity contribution in [1.29, 1.82) is 0 Å². The average Bonchev–Trinajstić information content (AvgIpc) is 2.81. The number of hydrogen-bond acceptors (Lipinski definition) is 2. The lowest BCUT2D eigenvalue weighted by molar-refractivity contribution is 0.246. The molecule has 0 saturated carbocycles. The lowest BCUT2D eigenvalue weighted by atomic mass is 10.1. The topological polar surface area (TPSA) is 21.3 Å². The monoisotopic (exact) mass is 293 g/mol. The summed E-state index contributed by atoms with van der Waals surface area (Å²) in [6.45, 7) is 0.679. The highest BCUT2D eigenvalue weighted by Crippen LogP contribution is 2.31. The van der Waals surface area contributed by atoms with Crippen LogP contribution in [-0.2, 0) is 6.42 Å². The fourth-order valence-electron chi connectivity index (χ4n) is 2.25. The van der Waals surface area contributed by atoms with Crippen molar-refractivity contribution in [3.05, 3.63) is 58.1 Å². The van der Waals surface area contributed by atoms with Gasteiger partial charge in [-0.2, -0.15) is 0 Å². The predicted molar refractivity (Wildman–Crippen MR) is 79.5 cm³/mol. The van der Waals surface area contributed by atoms with E-state index < -0.39 is 0 Å². The van der Waals surface area contributed by atoms with Crippen LogP contribution in [0.5, 0.6) is 5.75 Å². The first kappa shape index (κ1) is 12.6. The second-order valence-corrected chi connectivity index (χ2v) is 5.34. The third-order valence-electron chi connectivity index (χ3n) is 3.18. The molecule has 1 unspecified atom stereocenters. The molecule has 1 atom stereocenters. The number of nitrogens with one attached hydrogen (secondary N) is 1. The van der Waals surface area contributed by atoms with E-state index in [-0.39, 0.29) is 6.10 Å². The summed E-state index contributed by atoms with van der Waals surface area (Å²) in [6, 6.07) is 13.6. The number of para-hydroxylation sites is 2. The Morgan fingerprint density at radius 2 is 1.79 bits per heavy atom. The van der Waals surface area contributed by atoms with Crippen molar-refractivity contribution in [2.24, 2.45) is 0 Å². The maximum absolute atomic E-state index is 6.12. The van der Waals surface area contributed by atoms with Gasteiger partial charge in [-0.25, -0.2) is 0 Å². The number of rotatable bonds is 3. The molecule has 1 aliphatic rings. The van der Waals surface area contributed by atoms with E-state index in [4.69, 9.17) is 27.9 Å². The molecule has 2 aromatic rings. The van der Waals surface area contributed by atoms with E-state index in [1.807, 2.05) is 36.4 Å². The molecule has 98 valence electrons. The van der Waals surface area contributed by atoms with Gasteiger partial charge in [-0.3, -0.25) is 0 Å². The minimum Gasteiger partial charge on any atom is -0.488 e. The van der Waals surface area contributed by atoms with Gasteiger partial charge in [0.1, 0.15) is 11.9 Å².